The van der Waals surface area contributed by atoms with Gasteiger partial charge >= 0.3 is 0 Å². The molecular weight excluding hydrogens is 264 g/mol. The van der Waals surface area contributed by atoms with Crippen molar-refractivity contribution in [1.82, 2.24) is 4.90 Å². The molecule has 19 heavy (non-hydrogen) atoms. The summed E-state index contributed by atoms with van der Waals surface area (Å²) in [6.45, 7) is 4.76. The number of rotatable bonds is 5. The van der Waals surface area contributed by atoms with Crippen molar-refractivity contribution in [3.63, 3.8) is 0 Å². The number of hydrogen-bond acceptors (Lipinski definition) is 5. The van der Waals surface area contributed by atoms with Crippen LogP contribution in [0.3, 0.4) is 0 Å². The van der Waals surface area contributed by atoms with Crippen molar-refractivity contribution < 1.29 is 8.42 Å². The van der Waals surface area contributed by atoms with Crippen LogP contribution in [0.1, 0.15) is 13.8 Å². The molecule has 1 aromatic rings. The van der Waals surface area contributed by atoms with Crippen LogP contribution in [-0.2, 0) is 10.0 Å². The third kappa shape index (κ3) is 3.82. The standard InChI is InChI=1S/C12H22N4O2S/c1-12(2,16(3)4)8-15-9-6-5-7-10(11(9)13)19(14,17)18/h5-7,15H,8,13H2,1-4H3,(H2,14,17,18). The zero-order valence-corrected chi connectivity index (χ0v) is 12.6. The van der Waals surface area contributed by atoms with Crippen molar-refractivity contribution in [2.24, 2.45) is 5.14 Å². The molecule has 0 saturated heterocycles. The monoisotopic (exact) mass is 286 g/mol. The predicted octanol–water partition coefficient (Wildman–Crippen LogP) is 0.668. The van der Waals surface area contributed by atoms with Crippen LogP contribution in [0.2, 0.25) is 0 Å². The fourth-order valence-corrected chi connectivity index (χ4v) is 2.10. The van der Waals surface area contributed by atoms with Gasteiger partial charge in [-0.2, -0.15) is 0 Å². The Balaban J connectivity index is 2.99. The molecular formula is C12H22N4O2S. The number of para-hydroxylation sites is 1. The third-order valence-electron chi connectivity index (χ3n) is 3.29. The van der Waals surface area contributed by atoms with Crippen LogP contribution in [-0.4, -0.2) is 39.5 Å². The highest BCUT2D eigenvalue weighted by Gasteiger charge is 2.21. The van der Waals surface area contributed by atoms with E-state index in [2.05, 4.69) is 24.1 Å². The number of nitrogens with zero attached hydrogens (tertiary/aromatic N) is 1. The van der Waals surface area contributed by atoms with Gasteiger partial charge in [0.2, 0.25) is 10.0 Å². The number of nitrogen functional groups attached to an aromatic ring is 1. The second kappa shape index (κ2) is 5.36. The molecule has 5 N–H and O–H groups in total. The second-order valence-corrected chi connectivity index (χ2v) is 6.85. The van der Waals surface area contributed by atoms with Crippen molar-refractivity contribution in [1.29, 1.82) is 0 Å². The molecule has 0 amide bonds. The largest absolute Gasteiger partial charge is 0.396 e. The van der Waals surface area contributed by atoms with Crippen LogP contribution in [0.15, 0.2) is 23.1 Å². The van der Waals surface area contributed by atoms with Crippen LogP contribution >= 0.6 is 0 Å². The van der Waals surface area contributed by atoms with E-state index < -0.39 is 10.0 Å². The summed E-state index contributed by atoms with van der Waals surface area (Å²) in [5.41, 5.74) is 6.47. The first-order chi connectivity index (χ1) is 8.55. The summed E-state index contributed by atoms with van der Waals surface area (Å²) in [5, 5.41) is 8.27. The molecule has 108 valence electrons. The summed E-state index contributed by atoms with van der Waals surface area (Å²) in [5.74, 6) is 0. The van der Waals surface area contributed by atoms with E-state index in [0.717, 1.165) is 0 Å². The molecule has 1 rings (SSSR count). The van der Waals surface area contributed by atoms with Crippen molar-refractivity contribution in [3.8, 4) is 0 Å². The molecule has 0 bridgehead atoms. The Morgan fingerprint density at radius 2 is 1.89 bits per heavy atom. The molecule has 0 aliphatic heterocycles. The summed E-state index contributed by atoms with van der Waals surface area (Å²) in [6, 6.07) is 4.74. The summed E-state index contributed by atoms with van der Waals surface area (Å²) < 4.78 is 22.8. The maximum Gasteiger partial charge on any atom is 0.240 e. The van der Waals surface area contributed by atoms with E-state index in [4.69, 9.17) is 10.9 Å². The van der Waals surface area contributed by atoms with E-state index in [-0.39, 0.29) is 16.1 Å². The van der Waals surface area contributed by atoms with Crippen molar-refractivity contribution in [2.45, 2.75) is 24.3 Å². The molecule has 0 fully saturated rings. The van der Waals surface area contributed by atoms with E-state index in [9.17, 15) is 8.42 Å². The zero-order chi connectivity index (χ0) is 14.8. The van der Waals surface area contributed by atoms with Gasteiger partial charge < -0.3 is 16.0 Å². The number of nitrogens with one attached hydrogen (secondary N) is 1. The first kappa shape index (κ1) is 15.7. The minimum atomic E-state index is -3.80. The van der Waals surface area contributed by atoms with Gasteiger partial charge in [0.15, 0.2) is 0 Å². The summed E-state index contributed by atoms with van der Waals surface area (Å²) >= 11 is 0. The van der Waals surface area contributed by atoms with E-state index >= 15 is 0 Å². The number of benzene rings is 1. The molecule has 1 aromatic carbocycles. The topological polar surface area (TPSA) is 101 Å². The Kier molecular flexibility index (Phi) is 4.44. The lowest BCUT2D eigenvalue weighted by Gasteiger charge is -2.33. The van der Waals surface area contributed by atoms with Crippen LogP contribution in [0, 0.1) is 0 Å². The zero-order valence-electron chi connectivity index (χ0n) is 11.8. The van der Waals surface area contributed by atoms with E-state index in [1.54, 1.807) is 12.1 Å². The van der Waals surface area contributed by atoms with Gasteiger partial charge in [-0.3, -0.25) is 0 Å². The SMILES string of the molecule is CN(C)C(C)(C)CNc1cccc(S(N)(=O)=O)c1N. The lowest BCUT2D eigenvalue weighted by Crippen LogP contribution is -2.44. The average Bonchev–Trinajstić information content (AvgIpc) is 2.25. The number of likely N-dealkylation sites (N-methyl/N-ethyl adjacent to an activating group) is 1. The van der Waals surface area contributed by atoms with E-state index in [1.807, 2.05) is 14.1 Å². The van der Waals surface area contributed by atoms with Crippen molar-refractivity contribution in [3.05, 3.63) is 18.2 Å². The average molecular weight is 286 g/mol. The van der Waals surface area contributed by atoms with Gasteiger partial charge in [-0.05, 0) is 40.1 Å². The molecule has 0 aliphatic carbocycles. The number of primary sulfonamides is 1. The van der Waals surface area contributed by atoms with Gasteiger partial charge in [0.1, 0.15) is 4.90 Å². The molecule has 0 spiro atoms. The number of nitrogens with two attached hydrogens (primary N) is 2. The number of sulfonamides is 1. The van der Waals surface area contributed by atoms with Crippen LogP contribution in [0.25, 0.3) is 0 Å². The fraction of sp³-hybridized carbons (Fsp3) is 0.500. The maximum atomic E-state index is 11.4. The first-order valence-corrected chi connectivity index (χ1v) is 7.43. The molecule has 0 unspecified atom stereocenters. The molecule has 0 aromatic heterocycles. The van der Waals surface area contributed by atoms with Crippen molar-refractivity contribution >= 4 is 21.4 Å². The highest BCUT2D eigenvalue weighted by atomic mass is 32.2. The Morgan fingerprint density at radius 1 is 1.32 bits per heavy atom. The summed E-state index contributed by atoms with van der Waals surface area (Å²) in [7, 11) is 0.154. The van der Waals surface area contributed by atoms with Gasteiger partial charge in [0.25, 0.3) is 0 Å². The second-order valence-electron chi connectivity index (χ2n) is 5.32. The normalized spacial score (nSPS) is 12.7. The smallest absolute Gasteiger partial charge is 0.240 e. The minimum Gasteiger partial charge on any atom is -0.396 e. The van der Waals surface area contributed by atoms with Crippen LogP contribution in [0.5, 0.6) is 0 Å². The minimum absolute atomic E-state index is 0.0554. The van der Waals surface area contributed by atoms with Gasteiger partial charge in [-0.1, -0.05) is 6.07 Å². The highest BCUT2D eigenvalue weighted by Crippen LogP contribution is 2.26. The molecule has 0 atom stereocenters. The lowest BCUT2D eigenvalue weighted by molar-refractivity contribution is 0.210. The van der Waals surface area contributed by atoms with E-state index in [0.29, 0.717) is 12.2 Å². The Hall–Kier alpha value is -1.31. The quantitative estimate of drug-likeness (QED) is 0.691. The number of hydrogen-bond donors (Lipinski definition) is 3. The molecule has 6 nitrogen and oxygen atoms in total. The molecule has 0 aliphatic rings. The van der Waals surface area contributed by atoms with Crippen LogP contribution in [0.4, 0.5) is 11.4 Å². The summed E-state index contributed by atoms with van der Waals surface area (Å²) in [4.78, 5) is 2.01. The maximum absolute atomic E-state index is 11.4. The lowest BCUT2D eigenvalue weighted by atomic mass is 10.0. The summed E-state index contributed by atoms with van der Waals surface area (Å²) in [6.07, 6.45) is 0. The van der Waals surface area contributed by atoms with Gasteiger partial charge in [0, 0.05) is 12.1 Å². The van der Waals surface area contributed by atoms with Gasteiger partial charge in [-0.15, -0.1) is 0 Å². The molecule has 0 saturated carbocycles. The molecule has 7 heteroatoms. The van der Waals surface area contributed by atoms with E-state index in [1.165, 1.54) is 6.07 Å². The molecule has 0 radical (unpaired) electrons. The Bertz CT molecular complexity index is 553. The third-order valence-corrected chi connectivity index (χ3v) is 4.26. The van der Waals surface area contributed by atoms with Crippen molar-refractivity contribution in [2.75, 3.05) is 31.7 Å². The Labute approximate surface area is 114 Å². The van der Waals surface area contributed by atoms with Crippen LogP contribution < -0.4 is 16.2 Å². The first-order valence-electron chi connectivity index (χ1n) is 5.88. The fourth-order valence-electron chi connectivity index (χ4n) is 1.42. The van der Waals surface area contributed by atoms with Gasteiger partial charge in [-0.25, -0.2) is 13.6 Å². The Morgan fingerprint density at radius 3 is 2.37 bits per heavy atom. The predicted molar refractivity (Wildman–Crippen MR) is 78.5 cm³/mol. The number of anilines is 2. The highest BCUT2D eigenvalue weighted by molar-refractivity contribution is 7.89. The molecule has 0 heterocycles. The van der Waals surface area contributed by atoms with Gasteiger partial charge in [0.05, 0.1) is 11.4 Å².